The van der Waals surface area contributed by atoms with Gasteiger partial charge in [0.1, 0.15) is 11.5 Å². The van der Waals surface area contributed by atoms with Crippen LogP contribution in [0.2, 0.25) is 0 Å². The maximum atomic E-state index is 11.9. The first kappa shape index (κ1) is 9.89. The highest BCUT2D eigenvalue weighted by Crippen LogP contribution is 2.11. The molecule has 1 amide bonds. The fourth-order valence-corrected chi connectivity index (χ4v) is 1.74. The molecule has 1 aromatic rings. The maximum Gasteiger partial charge on any atom is 0.274 e. The predicted octanol–water partition coefficient (Wildman–Crippen LogP) is 0.685. The third kappa shape index (κ3) is 2.23. The summed E-state index contributed by atoms with van der Waals surface area (Å²) in [6.45, 7) is 1.63. The average Bonchev–Trinajstić information content (AvgIpc) is 2.29. The second kappa shape index (κ2) is 4.25. The van der Waals surface area contributed by atoms with Crippen LogP contribution in [0.15, 0.2) is 12.4 Å². The largest absolute Gasteiger partial charge is 0.382 e. The molecule has 15 heavy (non-hydrogen) atoms. The zero-order chi connectivity index (χ0) is 10.7. The molecule has 0 aliphatic carbocycles. The van der Waals surface area contributed by atoms with Crippen LogP contribution in [0.5, 0.6) is 0 Å². The molecule has 0 unspecified atom stereocenters. The number of carbonyl (C=O) groups excluding carboxylic acids is 1. The number of hydrogen-bond acceptors (Lipinski definition) is 4. The molecule has 0 radical (unpaired) electrons. The van der Waals surface area contributed by atoms with Gasteiger partial charge in [-0.3, -0.25) is 9.78 Å². The smallest absolute Gasteiger partial charge is 0.274 e. The van der Waals surface area contributed by atoms with Gasteiger partial charge in [-0.15, -0.1) is 0 Å². The van der Waals surface area contributed by atoms with Gasteiger partial charge < -0.3 is 10.6 Å². The molecular weight excluding hydrogens is 192 g/mol. The minimum Gasteiger partial charge on any atom is -0.382 e. The van der Waals surface area contributed by atoms with Crippen molar-refractivity contribution in [2.75, 3.05) is 18.8 Å². The summed E-state index contributed by atoms with van der Waals surface area (Å²) in [5.41, 5.74) is 5.83. The Balaban J connectivity index is 2.12. The van der Waals surface area contributed by atoms with E-state index < -0.39 is 0 Å². The van der Waals surface area contributed by atoms with E-state index in [1.54, 1.807) is 0 Å². The summed E-state index contributed by atoms with van der Waals surface area (Å²) in [5, 5.41) is 0. The molecule has 2 heterocycles. The average molecular weight is 206 g/mol. The number of likely N-dealkylation sites (tertiary alicyclic amines) is 1. The predicted molar refractivity (Wildman–Crippen MR) is 56.2 cm³/mol. The van der Waals surface area contributed by atoms with Gasteiger partial charge in [0.25, 0.3) is 5.91 Å². The minimum absolute atomic E-state index is 0.0606. The summed E-state index contributed by atoms with van der Waals surface area (Å²) in [6.07, 6.45) is 6.25. The van der Waals surface area contributed by atoms with E-state index in [0.717, 1.165) is 25.9 Å². The summed E-state index contributed by atoms with van der Waals surface area (Å²) in [7, 11) is 0. The Labute approximate surface area is 88.3 Å². The molecule has 2 N–H and O–H groups in total. The Bertz CT molecular complexity index is 360. The number of rotatable bonds is 1. The van der Waals surface area contributed by atoms with Crippen molar-refractivity contribution in [1.82, 2.24) is 14.9 Å². The van der Waals surface area contributed by atoms with Crippen molar-refractivity contribution < 1.29 is 4.79 Å². The molecule has 1 fully saturated rings. The molecule has 0 saturated carbocycles. The third-order valence-corrected chi connectivity index (χ3v) is 2.52. The van der Waals surface area contributed by atoms with Gasteiger partial charge in [-0.25, -0.2) is 4.98 Å². The molecule has 0 spiro atoms. The number of piperidine rings is 1. The van der Waals surface area contributed by atoms with Crippen LogP contribution in [0.25, 0.3) is 0 Å². The number of nitrogen functional groups attached to an aromatic ring is 1. The number of hydrogen-bond donors (Lipinski definition) is 1. The molecule has 1 aliphatic heterocycles. The van der Waals surface area contributed by atoms with Gasteiger partial charge in [-0.2, -0.15) is 0 Å². The van der Waals surface area contributed by atoms with Crippen molar-refractivity contribution in [3.05, 3.63) is 18.1 Å². The van der Waals surface area contributed by atoms with Gasteiger partial charge in [-0.05, 0) is 19.3 Å². The van der Waals surface area contributed by atoms with Gasteiger partial charge in [0.05, 0.1) is 12.4 Å². The molecular formula is C10H14N4O. The highest BCUT2D eigenvalue weighted by molar-refractivity contribution is 5.92. The molecule has 0 bridgehead atoms. The van der Waals surface area contributed by atoms with E-state index in [2.05, 4.69) is 9.97 Å². The molecule has 0 atom stereocenters. The van der Waals surface area contributed by atoms with Crippen molar-refractivity contribution in [1.29, 1.82) is 0 Å². The summed E-state index contributed by atoms with van der Waals surface area (Å²) < 4.78 is 0. The Kier molecular flexibility index (Phi) is 2.80. The standard InChI is InChI=1S/C10H14N4O/c11-9-7-12-6-8(13-9)10(15)14-4-2-1-3-5-14/h6-7H,1-5H2,(H2,11,13). The molecule has 5 nitrogen and oxygen atoms in total. The van der Waals surface area contributed by atoms with Crippen LogP contribution in [0, 0.1) is 0 Å². The van der Waals surface area contributed by atoms with E-state index in [-0.39, 0.29) is 11.7 Å². The molecule has 80 valence electrons. The van der Waals surface area contributed by atoms with Gasteiger partial charge in [0.15, 0.2) is 0 Å². The monoisotopic (exact) mass is 206 g/mol. The normalized spacial score (nSPS) is 16.4. The number of nitrogens with zero attached hydrogens (tertiary/aromatic N) is 3. The fraction of sp³-hybridized carbons (Fsp3) is 0.500. The van der Waals surface area contributed by atoms with E-state index in [1.807, 2.05) is 4.90 Å². The van der Waals surface area contributed by atoms with E-state index in [1.165, 1.54) is 18.8 Å². The van der Waals surface area contributed by atoms with Crippen molar-refractivity contribution in [3.63, 3.8) is 0 Å². The Hall–Kier alpha value is -1.65. The zero-order valence-corrected chi connectivity index (χ0v) is 8.52. The van der Waals surface area contributed by atoms with Gasteiger partial charge in [0, 0.05) is 13.1 Å². The molecule has 5 heteroatoms. The summed E-state index contributed by atoms with van der Waals surface area (Å²) in [4.78, 5) is 21.6. The van der Waals surface area contributed by atoms with Crippen LogP contribution in [-0.2, 0) is 0 Å². The molecule has 0 aromatic carbocycles. The topological polar surface area (TPSA) is 72.1 Å². The third-order valence-electron chi connectivity index (χ3n) is 2.52. The second-order valence-electron chi connectivity index (χ2n) is 3.68. The van der Waals surface area contributed by atoms with E-state index in [4.69, 9.17) is 5.73 Å². The van der Waals surface area contributed by atoms with Crippen LogP contribution in [0.1, 0.15) is 29.8 Å². The number of aromatic nitrogens is 2. The molecule has 1 saturated heterocycles. The lowest BCUT2D eigenvalue weighted by Gasteiger charge is -2.26. The molecule has 1 aromatic heterocycles. The van der Waals surface area contributed by atoms with E-state index in [0.29, 0.717) is 5.69 Å². The Morgan fingerprint density at radius 3 is 2.67 bits per heavy atom. The van der Waals surface area contributed by atoms with Crippen molar-refractivity contribution >= 4 is 11.7 Å². The highest BCUT2D eigenvalue weighted by atomic mass is 16.2. The number of amides is 1. The van der Waals surface area contributed by atoms with Crippen LogP contribution in [-0.4, -0.2) is 33.9 Å². The number of anilines is 1. The first-order valence-electron chi connectivity index (χ1n) is 5.14. The fourth-order valence-electron chi connectivity index (χ4n) is 1.74. The quantitative estimate of drug-likeness (QED) is 0.733. The first-order chi connectivity index (χ1) is 7.27. The van der Waals surface area contributed by atoms with Gasteiger partial charge >= 0.3 is 0 Å². The minimum atomic E-state index is -0.0606. The summed E-state index contributed by atoms with van der Waals surface area (Å²) in [6, 6.07) is 0. The zero-order valence-electron chi connectivity index (χ0n) is 8.52. The second-order valence-corrected chi connectivity index (χ2v) is 3.68. The number of nitrogens with two attached hydrogens (primary N) is 1. The van der Waals surface area contributed by atoms with Crippen LogP contribution in [0.4, 0.5) is 5.82 Å². The van der Waals surface area contributed by atoms with E-state index >= 15 is 0 Å². The van der Waals surface area contributed by atoms with E-state index in [9.17, 15) is 4.79 Å². The van der Waals surface area contributed by atoms with Crippen LogP contribution < -0.4 is 5.73 Å². The lowest BCUT2D eigenvalue weighted by molar-refractivity contribution is 0.0718. The summed E-state index contributed by atoms with van der Waals surface area (Å²) in [5.74, 6) is 0.229. The molecule has 2 rings (SSSR count). The Morgan fingerprint density at radius 2 is 2.00 bits per heavy atom. The van der Waals surface area contributed by atoms with Crippen LogP contribution >= 0.6 is 0 Å². The summed E-state index contributed by atoms with van der Waals surface area (Å²) >= 11 is 0. The lowest BCUT2D eigenvalue weighted by atomic mass is 10.1. The van der Waals surface area contributed by atoms with Crippen molar-refractivity contribution in [2.24, 2.45) is 0 Å². The SMILES string of the molecule is Nc1cncc(C(=O)N2CCCCC2)n1. The van der Waals surface area contributed by atoms with Gasteiger partial charge in [-0.1, -0.05) is 0 Å². The first-order valence-corrected chi connectivity index (χ1v) is 5.14. The van der Waals surface area contributed by atoms with Gasteiger partial charge in [0.2, 0.25) is 0 Å². The van der Waals surface area contributed by atoms with Crippen molar-refractivity contribution in [3.8, 4) is 0 Å². The van der Waals surface area contributed by atoms with Crippen LogP contribution in [0.3, 0.4) is 0 Å². The maximum absolute atomic E-state index is 11.9. The van der Waals surface area contributed by atoms with Crippen molar-refractivity contribution in [2.45, 2.75) is 19.3 Å². The number of carbonyl (C=O) groups is 1. The Morgan fingerprint density at radius 1 is 1.27 bits per heavy atom. The lowest BCUT2D eigenvalue weighted by Crippen LogP contribution is -2.36. The molecule has 1 aliphatic rings. The highest BCUT2D eigenvalue weighted by Gasteiger charge is 2.19.